The minimum Gasteiger partial charge on any atom is -0.329 e. The maximum Gasteiger partial charge on any atom is 0.406 e. The van der Waals surface area contributed by atoms with Gasteiger partial charge in [0, 0.05) is 12.5 Å². The summed E-state index contributed by atoms with van der Waals surface area (Å²) in [4.78, 5) is 13.2. The molecule has 120 valence electrons. The van der Waals surface area contributed by atoms with Gasteiger partial charge in [-0.1, -0.05) is 24.3 Å². The zero-order valence-electron chi connectivity index (χ0n) is 11.9. The SMILES string of the molecule is O=C([C@H]1CC=CCC1)N(Cc1ccc(F)cc1)CC(F)(F)F. The highest BCUT2D eigenvalue weighted by Crippen LogP contribution is 2.25. The van der Waals surface area contributed by atoms with E-state index in [1.165, 1.54) is 24.3 Å². The Morgan fingerprint density at radius 2 is 1.86 bits per heavy atom. The van der Waals surface area contributed by atoms with Gasteiger partial charge in [0.1, 0.15) is 12.4 Å². The number of amides is 1. The molecule has 0 aromatic heterocycles. The van der Waals surface area contributed by atoms with Crippen LogP contribution < -0.4 is 0 Å². The third-order valence-corrected chi connectivity index (χ3v) is 3.59. The summed E-state index contributed by atoms with van der Waals surface area (Å²) in [5.74, 6) is -1.37. The number of nitrogens with zero attached hydrogens (tertiary/aromatic N) is 1. The Balaban J connectivity index is 2.12. The van der Waals surface area contributed by atoms with E-state index in [-0.39, 0.29) is 6.54 Å². The molecule has 2 nitrogen and oxygen atoms in total. The highest BCUT2D eigenvalue weighted by molar-refractivity contribution is 5.79. The lowest BCUT2D eigenvalue weighted by Crippen LogP contribution is -2.42. The molecule has 0 spiro atoms. The number of carbonyl (C=O) groups is 1. The Hall–Kier alpha value is -1.85. The Labute approximate surface area is 126 Å². The number of hydrogen-bond acceptors (Lipinski definition) is 1. The third kappa shape index (κ3) is 4.86. The van der Waals surface area contributed by atoms with Crippen LogP contribution in [0.2, 0.25) is 0 Å². The minimum atomic E-state index is -4.46. The van der Waals surface area contributed by atoms with Crippen LogP contribution in [0.1, 0.15) is 24.8 Å². The molecule has 1 aliphatic carbocycles. The van der Waals surface area contributed by atoms with E-state index < -0.39 is 30.4 Å². The predicted molar refractivity (Wildman–Crippen MR) is 74.4 cm³/mol. The van der Waals surface area contributed by atoms with Gasteiger partial charge in [0.05, 0.1) is 0 Å². The summed E-state index contributed by atoms with van der Waals surface area (Å²) in [5.41, 5.74) is 0.477. The van der Waals surface area contributed by atoms with Gasteiger partial charge in [-0.15, -0.1) is 0 Å². The first-order chi connectivity index (χ1) is 10.3. The molecule has 0 bridgehead atoms. The molecule has 6 heteroatoms. The maximum absolute atomic E-state index is 12.9. The highest BCUT2D eigenvalue weighted by atomic mass is 19.4. The lowest BCUT2D eigenvalue weighted by atomic mass is 9.93. The van der Waals surface area contributed by atoms with Crippen LogP contribution in [0.15, 0.2) is 36.4 Å². The van der Waals surface area contributed by atoms with Crippen LogP contribution in [0.3, 0.4) is 0 Å². The van der Waals surface area contributed by atoms with Crippen molar-refractivity contribution in [1.29, 1.82) is 0 Å². The van der Waals surface area contributed by atoms with Crippen LogP contribution >= 0.6 is 0 Å². The van der Waals surface area contributed by atoms with Gasteiger partial charge >= 0.3 is 6.18 Å². The third-order valence-electron chi connectivity index (χ3n) is 3.59. The van der Waals surface area contributed by atoms with Crippen molar-refractivity contribution in [3.63, 3.8) is 0 Å². The topological polar surface area (TPSA) is 20.3 Å². The second-order valence-corrected chi connectivity index (χ2v) is 5.42. The Bertz CT molecular complexity index is 536. The minimum absolute atomic E-state index is 0.168. The molecule has 0 saturated heterocycles. The maximum atomic E-state index is 12.9. The fraction of sp³-hybridized carbons (Fsp3) is 0.438. The van der Waals surface area contributed by atoms with Crippen molar-refractivity contribution in [2.45, 2.75) is 32.0 Å². The molecular formula is C16H17F4NO. The monoisotopic (exact) mass is 315 g/mol. The zero-order chi connectivity index (χ0) is 16.2. The summed E-state index contributed by atoms with van der Waals surface area (Å²) >= 11 is 0. The summed E-state index contributed by atoms with van der Waals surface area (Å²) < 4.78 is 51.1. The van der Waals surface area contributed by atoms with Crippen LogP contribution in [0.4, 0.5) is 17.6 Å². The van der Waals surface area contributed by atoms with Crippen molar-refractivity contribution in [2.75, 3.05) is 6.54 Å². The molecule has 1 aromatic rings. The average molecular weight is 315 g/mol. The number of rotatable bonds is 4. The van der Waals surface area contributed by atoms with Crippen LogP contribution in [-0.2, 0) is 11.3 Å². The van der Waals surface area contributed by atoms with E-state index in [4.69, 9.17) is 0 Å². The number of alkyl halides is 3. The first-order valence-electron chi connectivity index (χ1n) is 7.10. The van der Waals surface area contributed by atoms with Gasteiger partial charge in [-0.3, -0.25) is 4.79 Å². The largest absolute Gasteiger partial charge is 0.406 e. The van der Waals surface area contributed by atoms with E-state index >= 15 is 0 Å². The average Bonchev–Trinajstić information content (AvgIpc) is 2.48. The normalized spacial score (nSPS) is 18.3. The fourth-order valence-electron chi connectivity index (χ4n) is 2.51. The van der Waals surface area contributed by atoms with E-state index in [2.05, 4.69) is 0 Å². The van der Waals surface area contributed by atoms with Gasteiger partial charge in [-0.25, -0.2) is 4.39 Å². The van der Waals surface area contributed by atoms with Crippen LogP contribution in [-0.4, -0.2) is 23.5 Å². The summed E-state index contributed by atoms with van der Waals surface area (Å²) in [6, 6.07) is 5.14. The predicted octanol–water partition coefficient (Wildman–Crippen LogP) is 4.07. The van der Waals surface area contributed by atoms with Gasteiger partial charge in [-0.05, 0) is 37.0 Å². The summed E-state index contributed by atoms with van der Waals surface area (Å²) in [6.45, 7) is -1.46. The smallest absolute Gasteiger partial charge is 0.329 e. The quantitative estimate of drug-likeness (QED) is 0.606. The van der Waals surface area contributed by atoms with Crippen LogP contribution in [0.25, 0.3) is 0 Å². The molecular weight excluding hydrogens is 298 g/mol. The lowest BCUT2D eigenvalue weighted by Gasteiger charge is -2.29. The molecule has 1 aliphatic rings. The van der Waals surface area contributed by atoms with Crippen molar-refractivity contribution in [1.82, 2.24) is 4.90 Å². The number of allylic oxidation sites excluding steroid dienone is 2. The fourth-order valence-corrected chi connectivity index (χ4v) is 2.51. The van der Waals surface area contributed by atoms with Crippen molar-refractivity contribution in [2.24, 2.45) is 5.92 Å². The molecule has 0 saturated carbocycles. The number of halogens is 4. The highest BCUT2D eigenvalue weighted by Gasteiger charge is 2.35. The Morgan fingerprint density at radius 1 is 1.18 bits per heavy atom. The first kappa shape index (κ1) is 16.5. The molecule has 1 amide bonds. The Kier molecular flexibility index (Phi) is 5.21. The zero-order valence-corrected chi connectivity index (χ0v) is 11.9. The second-order valence-electron chi connectivity index (χ2n) is 5.42. The van der Waals surface area contributed by atoms with E-state index in [0.717, 1.165) is 4.90 Å². The summed E-state index contributed by atoms with van der Waals surface area (Å²) in [7, 11) is 0. The summed E-state index contributed by atoms with van der Waals surface area (Å²) in [6.07, 6.45) is 1.03. The molecule has 1 atom stereocenters. The molecule has 22 heavy (non-hydrogen) atoms. The van der Waals surface area contributed by atoms with E-state index in [9.17, 15) is 22.4 Å². The molecule has 0 heterocycles. The number of benzene rings is 1. The van der Waals surface area contributed by atoms with Crippen molar-refractivity contribution >= 4 is 5.91 Å². The standard InChI is InChI=1S/C16H17F4NO/c17-14-8-6-12(7-9-14)10-21(11-16(18,19)20)15(22)13-4-2-1-3-5-13/h1-2,6-9,13H,3-5,10-11H2/t13-/m0/s1. The van der Waals surface area contributed by atoms with Gasteiger partial charge in [0.15, 0.2) is 0 Å². The van der Waals surface area contributed by atoms with E-state index in [1.807, 2.05) is 12.2 Å². The van der Waals surface area contributed by atoms with Gasteiger partial charge in [0.25, 0.3) is 0 Å². The van der Waals surface area contributed by atoms with Crippen molar-refractivity contribution < 1.29 is 22.4 Å². The molecule has 2 rings (SSSR count). The Morgan fingerprint density at radius 3 is 2.41 bits per heavy atom. The van der Waals surface area contributed by atoms with Gasteiger partial charge in [0.2, 0.25) is 5.91 Å². The molecule has 0 aliphatic heterocycles. The van der Waals surface area contributed by atoms with Crippen molar-refractivity contribution in [3.8, 4) is 0 Å². The molecule has 1 aromatic carbocycles. The molecule has 0 unspecified atom stereocenters. The number of carbonyl (C=O) groups excluding carboxylic acids is 1. The van der Waals surface area contributed by atoms with Crippen LogP contribution in [0, 0.1) is 11.7 Å². The first-order valence-corrected chi connectivity index (χ1v) is 7.10. The molecule has 0 N–H and O–H groups in total. The van der Waals surface area contributed by atoms with E-state index in [1.54, 1.807) is 0 Å². The van der Waals surface area contributed by atoms with Crippen LogP contribution in [0.5, 0.6) is 0 Å². The summed E-state index contributed by atoms with van der Waals surface area (Å²) in [5, 5.41) is 0. The van der Waals surface area contributed by atoms with Crippen molar-refractivity contribution in [3.05, 3.63) is 47.8 Å². The van der Waals surface area contributed by atoms with E-state index in [0.29, 0.717) is 24.8 Å². The lowest BCUT2D eigenvalue weighted by molar-refractivity contribution is -0.165. The second kappa shape index (κ2) is 6.94. The molecule has 0 fully saturated rings. The number of hydrogen-bond donors (Lipinski definition) is 0. The van der Waals surface area contributed by atoms with Gasteiger partial charge < -0.3 is 4.90 Å². The van der Waals surface area contributed by atoms with Gasteiger partial charge in [-0.2, -0.15) is 13.2 Å². The molecule has 0 radical (unpaired) electrons.